The first kappa shape index (κ1) is 38.6. The van der Waals surface area contributed by atoms with Crippen molar-refractivity contribution in [2.24, 2.45) is 5.73 Å². The summed E-state index contributed by atoms with van der Waals surface area (Å²) in [4.78, 5) is 80.1. The zero-order chi connectivity index (χ0) is 38.7. The fourth-order valence-electron chi connectivity index (χ4n) is 7.10. The van der Waals surface area contributed by atoms with Crippen LogP contribution in [-0.2, 0) is 20.8 Å². The van der Waals surface area contributed by atoms with Crippen LogP contribution in [0.5, 0.6) is 5.75 Å². The number of nitrogens with two attached hydrogens (primary N) is 1. The van der Waals surface area contributed by atoms with Gasteiger partial charge in [-0.25, -0.2) is 0 Å². The van der Waals surface area contributed by atoms with E-state index in [1.54, 1.807) is 6.07 Å². The second-order valence-corrected chi connectivity index (χ2v) is 14.0. The first-order valence-electron chi connectivity index (χ1n) is 19.0. The lowest BCUT2D eigenvalue weighted by Crippen LogP contribution is -2.54. The molecule has 1 aromatic heterocycles. The maximum atomic E-state index is 13.2. The van der Waals surface area contributed by atoms with E-state index in [0.717, 1.165) is 79.3 Å². The van der Waals surface area contributed by atoms with E-state index in [4.69, 9.17) is 10.5 Å². The van der Waals surface area contributed by atoms with Gasteiger partial charge in [0.15, 0.2) is 6.61 Å². The Kier molecular flexibility index (Phi) is 12.8. The molecule has 0 bridgehead atoms. The summed E-state index contributed by atoms with van der Waals surface area (Å²) in [6.07, 6.45) is 12.3. The molecular weight excluding hydrogens is 700 g/mol. The molecule has 0 saturated carbocycles. The molecule has 3 heterocycles. The average Bonchev–Trinajstić information content (AvgIpc) is 3.43. The number of fused-ring (bicyclic) bond motifs is 2. The largest absolute Gasteiger partial charge is 0.483 e. The van der Waals surface area contributed by atoms with Gasteiger partial charge in [-0.15, -0.1) is 0 Å². The van der Waals surface area contributed by atoms with E-state index in [1.807, 2.05) is 36.4 Å². The maximum absolute atomic E-state index is 13.2. The van der Waals surface area contributed by atoms with Crippen molar-refractivity contribution in [2.75, 3.05) is 18.5 Å². The minimum Gasteiger partial charge on any atom is -0.483 e. The van der Waals surface area contributed by atoms with Crippen LogP contribution < -0.4 is 26.4 Å². The summed E-state index contributed by atoms with van der Waals surface area (Å²) >= 11 is 0. The van der Waals surface area contributed by atoms with Crippen LogP contribution in [0, 0.1) is 0 Å². The fraction of sp³-hybridized carbons (Fsp3) is 0.357. The number of aryl methyl sites for hydroxylation is 1. The standard InChI is InChI=1S/C42H46N6O7/c43-39(51)31-25-45-32-20-19-27(24-30(32)38(31)46-28-15-10-8-11-16-28)14-9-6-4-2-1-3-5-7-12-23-44-36(50)26-55-34-18-13-17-29-37(34)42(54)48(41(29)53)33-21-22-35(49)47-40(33)52/h8,10-11,13,15-20,24-25,33H,1-7,9,12,14,21-23,26H2,(H2,43,51)(H,44,50)(H,45,46)(H,47,49,52). The Bertz CT molecular complexity index is 2090. The van der Waals surface area contributed by atoms with Gasteiger partial charge in [-0.1, -0.05) is 75.3 Å². The third-order valence-electron chi connectivity index (χ3n) is 9.99. The molecule has 2 aliphatic rings. The van der Waals surface area contributed by atoms with Crippen molar-refractivity contribution in [1.82, 2.24) is 20.5 Å². The van der Waals surface area contributed by atoms with Crippen LogP contribution in [0.15, 0.2) is 72.9 Å². The van der Waals surface area contributed by atoms with E-state index in [0.29, 0.717) is 17.8 Å². The summed E-state index contributed by atoms with van der Waals surface area (Å²) in [5.74, 6) is -3.21. The van der Waals surface area contributed by atoms with Crippen molar-refractivity contribution in [2.45, 2.75) is 83.1 Å². The molecule has 13 heteroatoms. The van der Waals surface area contributed by atoms with Crippen LogP contribution in [0.25, 0.3) is 10.9 Å². The second-order valence-electron chi connectivity index (χ2n) is 14.0. The number of rotatable bonds is 19. The predicted molar refractivity (Wildman–Crippen MR) is 207 cm³/mol. The van der Waals surface area contributed by atoms with Crippen molar-refractivity contribution in [1.29, 1.82) is 0 Å². The second kappa shape index (κ2) is 18.3. The van der Waals surface area contributed by atoms with Crippen molar-refractivity contribution in [3.05, 3.63) is 95.2 Å². The molecule has 3 aromatic carbocycles. The number of amides is 6. The van der Waals surface area contributed by atoms with E-state index in [2.05, 4.69) is 33.1 Å². The van der Waals surface area contributed by atoms with E-state index >= 15 is 0 Å². The van der Waals surface area contributed by atoms with Crippen LogP contribution in [0.1, 0.15) is 107 Å². The first-order valence-corrected chi connectivity index (χ1v) is 19.0. The number of imide groups is 2. The molecule has 1 saturated heterocycles. The van der Waals surface area contributed by atoms with E-state index in [-0.39, 0.29) is 42.2 Å². The molecule has 6 amide bonds. The first-order chi connectivity index (χ1) is 26.7. The maximum Gasteiger partial charge on any atom is 0.266 e. The highest BCUT2D eigenvalue weighted by molar-refractivity contribution is 6.24. The highest BCUT2D eigenvalue weighted by atomic mass is 16.5. The summed E-state index contributed by atoms with van der Waals surface area (Å²) in [6.45, 7) is 0.186. The molecule has 286 valence electrons. The highest BCUT2D eigenvalue weighted by Crippen LogP contribution is 2.34. The molecule has 0 spiro atoms. The van der Waals surface area contributed by atoms with Crippen molar-refractivity contribution >= 4 is 57.7 Å². The Balaban J connectivity index is 0.840. The minimum absolute atomic E-state index is 0.0140. The smallest absolute Gasteiger partial charge is 0.266 e. The van der Waals surface area contributed by atoms with E-state index < -0.39 is 35.6 Å². The minimum atomic E-state index is -1.08. The lowest BCUT2D eigenvalue weighted by atomic mass is 10.0. The number of anilines is 2. The molecule has 0 aliphatic carbocycles. The summed E-state index contributed by atoms with van der Waals surface area (Å²) in [6, 6.07) is 19.4. The summed E-state index contributed by atoms with van der Waals surface area (Å²) in [5.41, 5.74) is 9.70. The average molecular weight is 747 g/mol. The quantitative estimate of drug-likeness (QED) is 0.0686. The van der Waals surface area contributed by atoms with E-state index in [1.165, 1.54) is 30.3 Å². The number of nitrogens with zero attached hydrogens (tertiary/aromatic N) is 2. The number of para-hydroxylation sites is 1. The molecule has 13 nitrogen and oxygen atoms in total. The summed E-state index contributed by atoms with van der Waals surface area (Å²) < 4.78 is 5.65. The Hall–Kier alpha value is -6.11. The fourth-order valence-corrected chi connectivity index (χ4v) is 7.10. The molecule has 0 radical (unpaired) electrons. The van der Waals surface area contributed by atoms with Crippen LogP contribution >= 0.6 is 0 Å². The van der Waals surface area contributed by atoms with Gasteiger partial charge < -0.3 is 21.1 Å². The zero-order valence-electron chi connectivity index (χ0n) is 30.7. The number of unbranched alkanes of at least 4 members (excludes halogenated alkanes) is 8. The van der Waals surface area contributed by atoms with Crippen LogP contribution in [0.4, 0.5) is 11.4 Å². The molecule has 1 atom stereocenters. The van der Waals surface area contributed by atoms with Gasteiger partial charge in [-0.05, 0) is 67.6 Å². The number of aromatic nitrogens is 1. The number of carbonyl (C=O) groups is 6. The van der Waals surface area contributed by atoms with Crippen LogP contribution in [0.3, 0.4) is 0 Å². The number of pyridine rings is 1. The Labute approximate surface area is 319 Å². The Morgan fingerprint density at radius 2 is 1.58 bits per heavy atom. The molecule has 1 unspecified atom stereocenters. The summed E-state index contributed by atoms with van der Waals surface area (Å²) in [7, 11) is 0. The van der Waals surface area contributed by atoms with Gasteiger partial charge >= 0.3 is 0 Å². The van der Waals surface area contributed by atoms with E-state index in [9.17, 15) is 28.8 Å². The van der Waals surface area contributed by atoms with Gasteiger partial charge in [0, 0.05) is 30.2 Å². The SMILES string of the molecule is NC(=O)c1cnc2ccc(CCCCCCCCCCCNC(=O)COc3cccc4c3C(=O)N(C3CCC(=O)NC3=O)C4=O)cc2c1Nc1ccccc1. The number of hydrogen-bond acceptors (Lipinski definition) is 9. The van der Waals surface area contributed by atoms with Gasteiger partial charge in [0.25, 0.3) is 23.6 Å². The number of piperidine rings is 1. The van der Waals surface area contributed by atoms with Gasteiger partial charge in [0.2, 0.25) is 11.8 Å². The van der Waals surface area contributed by atoms with Crippen LogP contribution in [-0.4, -0.2) is 64.5 Å². The molecule has 2 aliphatic heterocycles. The van der Waals surface area contributed by atoms with Gasteiger partial charge in [-0.3, -0.25) is 44.0 Å². The Morgan fingerprint density at radius 3 is 2.31 bits per heavy atom. The molecular formula is C42H46N6O7. The zero-order valence-corrected chi connectivity index (χ0v) is 30.7. The summed E-state index contributed by atoms with van der Waals surface area (Å²) in [5, 5.41) is 9.26. The monoisotopic (exact) mass is 746 g/mol. The lowest BCUT2D eigenvalue weighted by Gasteiger charge is -2.27. The highest BCUT2D eigenvalue weighted by Gasteiger charge is 2.46. The number of nitrogens with one attached hydrogen (secondary N) is 3. The number of ether oxygens (including phenoxy) is 1. The molecule has 6 rings (SSSR count). The van der Waals surface area contributed by atoms with Gasteiger partial charge in [-0.2, -0.15) is 0 Å². The normalized spacial score (nSPS) is 15.2. The third kappa shape index (κ3) is 9.53. The van der Waals surface area contributed by atoms with Crippen molar-refractivity contribution in [3.8, 4) is 5.75 Å². The Morgan fingerprint density at radius 1 is 0.855 bits per heavy atom. The number of primary amides is 1. The molecule has 5 N–H and O–H groups in total. The number of benzene rings is 3. The molecule has 1 fully saturated rings. The number of hydrogen-bond donors (Lipinski definition) is 4. The van der Waals surface area contributed by atoms with Crippen molar-refractivity contribution in [3.63, 3.8) is 0 Å². The van der Waals surface area contributed by atoms with Gasteiger partial charge in [0.05, 0.1) is 27.9 Å². The predicted octanol–water partition coefficient (Wildman–Crippen LogP) is 5.73. The van der Waals surface area contributed by atoms with Crippen LogP contribution in [0.2, 0.25) is 0 Å². The topological polar surface area (TPSA) is 190 Å². The molecule has 4 aromatic rings. The molecule has 55 heavy (non-hydrogen) atoms. The lowest BCUT2D eigenvalue weighted by molar-refractivity contribution is -0.136. The van der Waals surface area contributed by atoms with Crippen molar-refractivity contribution < 1.29 is 33.5 Å². The number of carbonyl (C=O) groups excluding carboxylic acids is 6. The third-order valence-corrected chi connectivity index (χ3v) is 9.99. The van der Waals surface area contributed by atoms with Gasteiger partial charge in [0.1, 0.15) is 11.8 Å².